The third kappa shape index (κ3) is 4.99. The quantitative estimate of drug-likeness (QED) is 0.818. The minimum absolute atomic E-state index is 0.0103. The normalized spacial score (nSPS) is 11.7. The van der Waals surface area contributed by atoms with E-state index >= 15 is 0 Å². The zero-order valence-electron chi connectivity index (χ0n) is 15.7. The van der Waals surface area contributed by atoms with Crippen LogP contribution in [-0.2, 0) is 4.79 Å². The maximum Gasteiger partial charge on any atom is 0.258 e. The average Bonchev–Trinajstić information content (AvgIpc) is 2.61. The lowest BCUT2D eigenvalue weighted by Crippen LogP contribution is -2.32. The molecular weight excluding hydrogens is 314 g/mol. The highest BCUT2D eigenvalue weighted by Gasteiger charge is 2.14. The molecule has 134 valence electrons. The summed E-state index contributed by atoms with van der Waals surface area (Å²) in [6.45, 7) is 8.14. The van der Waals surface area contributed by atoms with Gasteiger partial charge >= 0.3 is 0 Å². The van der Waals surface area contributed by atoms with E-state index in [4.69, 9.17) is 9.47 Å². The van der Waals surface area contributed by atoms with Crippen molar-refractivity contribution in [3.63, 3.8) is 0 Å². The Labute approximate surface area is 150 Å². The van der Waals surface area contributed by atoms with Gasteiger partial charge in [0.05, 0.1) is 13.2 Å². The van der Waals surface area contributed by atoms with Crippen LogP contribution < -0.4 is 14.8 Å². The first kappa shape index (κ1) is 18.8. The molecule has 1 N–H and O–H groups in total. The number of ether oxygens (including phenoxy) is 2. The number of carbonyl (C=O) groups is 1. The molecule has 0 radical (unpaired) electrons. The largest absolute Gasteiger partial charge is 0.497 e. The molecule has 0 aromatic heterocycles. The van der Waals surface area contributed by atoms with Crippen LogP contribution in [0, 0.1) is 20.8 Å². The Morgan fingerprint density at radius 1 is 1.12 bits per heavy atom. The molecule has 2 aromatic rings. The summed E-state index contributed by atoms with van der Waals surface area (Å²) >= 11 is 0. The highest BCUT2D eigenvalue weighted by molar-refractivity contribution is 5.78. The summed E-state index contributed by atoms with van der Waals surface area (Å²) in [5, 5.41) is 3.03. The fourth-order valence-corrected chi connectivity index (χ4v) is 2.79. The van der Waals surface area contributed by atoms with E-state index in [9.17, 15) is 4.79 Å². The molecule has 0 saturated heterocycles. The molecule has 25 heavy (non-hydrogen) atoms. The van der Waals surface area contributed by atoms with Crippen LogP contribution in [0.15, 0.2) is 36.4 Å². The number of hydrogen-bond donors (Lipinski definition) is 1. The Kier molecular flexibility index (Phi) is 6.45. The standard InChI is InChI=1S/C21H27NO3/c1-6-19(17-7-9-18(24-5)10-8-17)22-21(23)13-25-20-12-14(2)11-15(3)16(20)4/h7-12,19H,6,13H2,1-5H3,(H,22,23). The zero-order valence-corrected chi connectivity index (χ0v) is 15.7. The van der Waals surface area contributed by atoms with Crippen molar-refractivity contribution < 1.29 is 14.3 Å². The zero-order chi connectivity index (χ0) is 18.4. The molecule has 4 heteroatoms. The Bertz CT molecular complexity index is 723. The van der Waals surface area contributed by atoms with Gasteiger partial charge in [-0.2, -0.15) is 0 Å². The molecule has 0 fully saturated rings. The van der Waals surface area contributed by atoms with E-state index < -0.39 is 0 Å². The molecule has 0 aliphatic carbocycles. The number of aryl methyl sites for hydroxylation is 2. The van der Waals surface area contributed by atoms with Crippen LogP contribution >= 0.6 is 0 Å². The lowest BCUT2D eigenvalue weighted by atomic mass is 10.0. The Balaban J connectivity index is 1.98. The summed E-state index contributed by atoms with van der Waals surface area (Å²) < 4.78 is 10.9. The predicted molar refractivity (Wildman–Crippen MR) is 100 cm³/mol. The van der Waals surface area contributed by atoms with Crippen LogP contribution in [0.2, 0.25) is 0 Å². The summed E-state index contributed by atoms with van der Waals surface area (Å²) in [5.41, 5.74) is 4.42. The first-order valence-corrected chi connectivity index (χ1v) is 8.58. The van der Waals surface area contributed by atoms with Crippen molar-refractivity contribution in [3.8, 4) is 11.5 Å². The van der Waals surface area contributed by atoms with E-state index in [1.165, 1.54) is 5.56 Å². The van der Waals surface area contributed by atoms with Crippen molar-refractivity contribution in [1.82, 2.24) is 5.32 Å². The van der Waals surface area contributed by atoms with Crippen molar-refractivity contribution in [2.24, 2.45) is 0 Å². The number of rotatable bonds is 7. The Morgan fingerprint density at radius 3 is 2.40 bits per heavy atom. The second-order valence-electron chi connectivity index (χ2n) is 6.30. The molecule has 0 aliphatic rings. The number of nitrogens with one attached hydrogen (secondary N) is 1. The molecule has 0 saturated carbocycles. The summed E-state index contributed by atoms with van der Waals surface area (Å²) in [7, 11) is 1.64. The lowest BCUT2D eigenvalue weighted by molar-refractivity contribution is -0.123. The van der Waals surface area contributed by atoms with Gasteiger partial charge in [0.15, 0.2) is 6.61 Å². The molecule has 1 atom stereocenters. The van der Waals surface area contributed by atoms with Gasteiger partial charge in [0, 0.05) is 0 Å². The number of carbonyl (C=O) groups excluding carboxylic acids is 1. The van der Waals surface area contributed by atoms with Crippen LogP contribution in [0.3, 0.4) is 0 Å². The highest BCUT2D eigenvalue weighted by atomic mass is 16.5. The van der Waals surface area contributed by atoms with Crippen molar-refractivity contribution in [1.29, 1.82) is 0 Å². The summed E-state index contributed by atoms with van der Waals surface area (Å²) in [6, 6.07) is 11.8. The molecule has 0 bridgehead atoms. The van der Waals surface area contributed by atoms with Gasteiger partial charge < -0.3 is 14.8 Å². The van der Waals surface area contributed by atoms with Gasteiger partial charge in [-0.15, -0.1) is 0 Å². The van der Waals surface area contributed by atoms with E-state index in [1.54, 1.807) is 7.11 Å². The second kappa shape index (κ2) is 8.56. The minimum Gasteiger partial charge on any atom is -0.497 e. The van der Waals surface area contributed by atoms with Gasteiger partial charge in [-0.25, -0.2) is 0 Å². The molecule has 0 heterocycles. The van der Waals surface area contributed by atoms with Crippen molar-refractivity contribution in [2.75, 3.05) is 13.7 Å². The van der Waals surface area contributed by atoms with Crippen LogP contribution in [0.25, 0.3) is 0 Å². The second-order valence-corrected chi connectivity index (χ2v) is 6.30. The molecule has 4 nitrogen and oxygen atoms in total. The Hall–Kier alpha value is -2.49. The van der Waals surface area contributed by atoms with E-state index in [2.05, 4.69) is 11.4 Å². The number of hydrogen-bond acceptors (Lipinski definition) is 3. The minimum atomic E-state index is -0.124. The van der Waals surface area contributed by atoms with Gasteiger partial charge in [0.1, 0.15) is 11.5 Å². The third-order valence-electron chi connectivity index (χ3n) is 4.38. The molecule has 2 rings (SSSR count). The molecule has 0 aliphatic heterocycles. The van der Waals surface area contributed by atoms with Crippen LogP contribution in [-0.4, -0.2) is 19.6 Å². The summed E-state index contributed by atoms with van der Waals surface area (Å²) in [5.74, 6) is 1.45. The number of amides is 1. The monoisotopic (exact) mass is 341 g/mol. The first-order valence-electron chi connectivity index (χ1n) is 8.58. The number of methoxy groups -OCH3 is 1. The predicted octanol–water partition coefficient (Wildman–Crippen LogP) is 4.27. The van der Waals surface area contributed by atoms with E-state index in [1.807, 2.05) is 58.0 Å². The Morgan fingerprint density at radius 2 is 1.80 bits per heavy atom. The fourth-order valence-electron chi connectivity index (χ4n) is 2.79. The first-order chi connectivity index (χ1) is 11.9. The van der Waals surface area contributed by atoms with Gasteiger partial charge in [0.25, 0.3) is 5.91 Å². The summed E-state index contributed by atoms with van der Waals surface area (Å²) in [6.07, 6.45) is 0.806. The van der Waals surface area contributed by atoms with Gasteiger partial charge in [-0.3, -0.25) is 4.79 Å². The fraction of sp³-hybridized carbons (Fsp3) is 0.381. The van der Waals surface area contributed by atoms with E-state index in [0.29, 0.717) is 0 Å². The van der Waals surface area contributed by atoms with Crippen molar-refractivity contribution >= 4 is 5.91 Å². The lowest BCUT2D eigenvalue weighted by Gasteiger charge is -2.18. The number of benzene rings is 2. The topological polar surface area (TPSA) is 47.6 Å². The van der Waals surface area contributed by atoms with Gasteiger partial charge in [-0.05, 0) is 67.6 Å². The van der Waals surface area contributed by atoms with E-state index in [0.717, 1.165) is 34.6 Å². The molecule has 1 amide bonds. The van der Waals surface area contributed by atoms with Crippen LogP contribution in [0.1, 0.15) is 41.6 Å². The molecule has 1 unspecified atom stereocenters. The molecule has 2 aromatic carbocycles. The van der Waals surface area contributed by atoms with Crippen molar-refractivity contribution in [2.45, 2.75) is 40.2 Å². The van der Waals surface area contributed by atoms with Gasteiger partial charge in [-0.1, -0.05) is 25.1 Å². The highest BCUT2D eigenvalue weighted by Crippen LogP contribution is 2.23. The summed E-state index contributed by atoms with van der Waals surface area (Å²) in [4.78, 5) is 12.3. The maximum absolute atomic E-state index is 12.3. The molecule has 0 spiro atoms. The van der Waals surface area contributed by atoms with Crippen LogP contribution in [0.5, 0.6) is 11.5 Å². The third-order valence-corrected chi connectivity index (χ3v) is 4.38. The van der Waals surface area contributed by atoms with E-state index in [-0.39, 0.29) is 18.6 Å². The average molecular weight is 341 g/mol. The van der Waals surface area contributed by atoms with Gasteiger partial charge in [0.2, 0.25) is 0 Å². The van der Waals surface area contributed by atoms with Crippen LogP contribution in [0.4, 0.5) is 0 Å². The van der Waals surface area contributed by atoms with Crippen molar-refractivity contribution in [3.05, 3.63) is 58.7 Å². The SMILES string of the molecule is CCC(NC(=O)COc1cc(C)cc(C)c1C)c1ccc(OC)cc1. The maximum atomic E-state index is 12.3. The molecular formula is C21H27NO3. The smallest absolute Gasteiger partial charge is 0.258 e.